The smallest absolute Gasteiger partial charge is 0.0862 e. The lowest BCUT2D eigenvalue weighted by atomic mass is 10.00. The molecule has 0 aliphatic heterocycles. The van der Waals surface area contributed by atoms with Gasteiger partial charge in [0, 0.05) is 4.88 Å². The van der Waals surface area contributed by atoms with E-state index in [1.807, 2.05) is 0 Å². The molecule has 0 bridgehead atoms. The highest BCUT2D eigenvalue weighted by molar-refractivity contribution is 7.16. The monoisotopic (exact) mass is 181 g/mol. The molecule has 1 aromatic heterocycles. The fourth-order valence-corrected chi connectivity index (χ4v) is 2.89. The number of nitrogen functional groups attached to an aromatic ring is 1. The van der Waals surface area contributed by atoms with Gasteiger partial charge < -0.3 is 5.73 Å². The fourth-order valence-electron chi connectivity index (χ4n) is 1.87. The minimum atomic E-state index is 1.00. The Morgan fingerprint density at radius 1 is 1.08 bits per heavy atom. The zero-order chi connectivity index (χ0) is 8.39. The Labute approximate surface area is 77.6 Å². The summed E-state index contributed by atoms with van der Waals surface area (Å²) in [6.45, 7) is 0. The van der Waals surface area contributed by atoms with Gasteiger partial charge in [-0.25, -0.2) is 0 Å². The number of anilines is 1. The minimum Gasteiger partial charge on any atom is -0.391 e. The van der Waals surface area contributed by atoms with Gasteiger partial charge in [-0.1, -0.05) is 12.8 Å². The van der Waals surface area contributed by atoms with Gasteiger partial charge in [0.2, 0.25) is 0 Å². The van der Waals surface area contributed by atoms with Gasteiger partial charge in [-0.05, 0) is 37.3 Å². The SMILES string of the molecule is Nc1cc2c(s1)CCCCCC2. The van der Waals surface area contributed by atoms with Crippen molar-refractivity contribution in [1.29, 1.82) is 0 Å². The number of hydrogen-bond acceptors (Lipinski definition) is 2. The average molecular weight is 181 g/mol. The Balaban J connectivity index is 2.23. The molecule has 0 aromatic carbocycles. The van der Waals surface area contributed by atoms with Crippen LogP contribution in [0.25, 0.3) is 0 Å². The first kappa shape index (κ1) is 8.11. The zero-order valence-electron chi connectivity index (χ0n) is 7.31. The lowest BCUT2D eigenvalue weighted by molar-refractivity contribution is 0.622. The molecule has 2 N–H and O–H groups in total. The van der Waals surface area contributed by atoms with E-state index in [2.05, 4.69) is 6.07 Å². The first-order valence-electron chi connectivity index (χ1n) is 4.73. The lowest BCUT2D eigenvalue weighted by Crippen LogP contribution is -1.94. The maximum Gasteiger partial charge on any atom is 0.0862 e. The van der Waals surface area contributed by atoms with Crippen molar-refractivity contribution in [3.05, 3.63) is 16.5 Å². The van der Waals surface area contributed by atoms with E-state index in [0.717, 1.165) is 5.00 Å². The largest absolute Gasteiger partial charge is 0.391 e. The Morgan fingerprint density at radius 3 is 2.67 bits per heavy atom. The van der Waals surface area contributed by atoms with E-state index < -0.39 is 0 Å². The molecule has 2 rings (SSSR count). The second kappa shape index (κ2) is 3.48. The third kappa shape index (κ3) is 1.63. The van der Waals surface area contributed by atoms with E-state index >= 15 is 0 Å². The summed E-state index contributed by atoms with van der Waals surface area (Å²) in [7, 11) is 0. The van der Waals surface area contributed by atoms with Crippen molar-refractivity contribution in [1.82, 2.24) is 0 Å². The van der Waals surface area contributed by atoms with Gasteiger partial charge in [0.25, 0.3) is 0 Å². The topological polar surface area (TPSA) is 26.0 Å². The van der Waals surface area contributed by atoms with E-state index in [-0.39, 0.29) is 0 Å². The van der Waals surface area contributed by atoms with E-state index in [1.54, 1.807) is 16.2 Å². The van der Waals surface area contributed by atoms with Crippen molar-refractivity contribution in [3.63, 3.8) is 0 Å². The zero-order valence-corrected chi connectivity index (χ0v) is 8.12. The van der Waals surface area contributed by atoms with Gasteiger partial charge in [-0.3, -0.25) is 0 Å². The molecule has 0 unspecified atom stereocenters. The Bertz CT molecular complexity index is 239. The molecular formula is C10H15NS. The number of fused-ring (bicyclic) bond motifs is 1. The minimum absolute atomic E-state index is 1.00. The summed E-state index contributed by atoms with van der Waals surface area (Å²) in [5.41, 5.74) is 7.30. The Hall–Kier alpha value is -0.500. The summed E-state index contributed by atoms with van der Waals surface area (Å²) in [4.78, 5) is 1.55. The van der Waals surface area contributed by atoms with Crippen LogP contribution in [0.3, 0.4) is 0 Å². The van der Waals surface area contributed by atoms with Crippen LogP contribution >= 0.6 is 11.3 Å². The number of thiophene rings is 1. The highest BCUT2D eigenvalue weighted by Gasteiger charge is 2.09. The van der Waals surface area contributed by atoms with Crippen LogP contribution in [0, 0.1) is 0 Å². The van der Waals surface area contributed by atoms with E-state index in [4.69, 9.17) is 5.73 Å². The maximum absolute atomic E-state index is 5.78. The van der Waals surface area contributed by atoms with Crippen LogP contribution in [0.5, 0.6) is 0 Å². The summed E-state index contributed by atoms with van der Waals surface area (Å²) in [6, 6.07) is 2.17. The van der Waals surface area contributed by atoms with Gasteiger partial charge in [0.15, 0.2) is 0 Å². The third-order valence-electron chi connectivity index (χ3n) is 2.52. The number of nitrogens with two attached hydrogens (primary N) is 1. The summed E-state index contributed by atoms with van der Waals surface area (Å²) in [6.07, 6.45) is 8.02. The van der Waals surface area contributed by atoms with Gasteiger partial charge >= 0.3 is 0 Å². The molecule has 1 heterocycles. The van der Waals surface area contributed by atoms with Crippen molar-refractivity contribution in [2.45, 2.75) is 38.5 Å². The van der Waals surface area contributed by atoms with Gasteiger partial charge in [-0.2, -0.15) is 0 Å². The summed E-state index contributed by atoms with van der Waals surface area (Å²) in [5, 5.41) is 1.00. The van der Waals surface area contributed by atoms with Crippen molar-refractivity contribution < 1.29 is 0 Å². The average Bonchev–Trinajstić information content (AvgIpc) is 2.32. The number of aryl methyl sites for hydroxylation is 2. The van der Waals surface area contributed by atoms with Crippen LogP contribution in [0.4, 0.5) is 5.00 Å². The van der Waals surface area contributed by atoms with Crippen molar-refractivity contribution in [2.24, 2.45) is 0 Å². The van der Waals surface area contributed by atoms with E-state index in [9.17, 15) is 0 Å². The fraction of sp³-hybridized carbons (Fsp3) is 0.600. The van der Waals surface area contributed by atoms with Crippen LogP contribution in [0.2, 0.25) is 0 Å². The first-order chi connectivity index (χ1) is 5.86. The molecule has 2 heteroatoms. The van der Waals surface area contributed by atoms with Crippen molar-refractivity contribution >= 4 is 16.3 Å². The van der Waals surface area contributed by atoms with Gasteiger partial charge in [0.05, 0.1) is 5.00 Å². The standard InChI is InChI=1S/C10H15NS/c11-10-7-8-5-3-1-2-4-6-9(8)12-10/h7H,1-6,11H2. The molecule has 1 aliphatic rings. The van der Waals surface area contributed by atoms with Crippen LogP contribution in [-0.2, 0) is 12.8 Å². The molecule has 0 radical (unpaired) electrons. The lowest BCUT2D eigenvalue weighted by Gasteiger charge is -2.07. The number of rotatable bonds is 0. The summed E-state index contributed by atoms with van der Waals surface area (Å²) in [5.74, 6) is 0. The summed E-state index contributed by atoms with van der Waals surface area (Å²) < 4.78 is 0. The Kier molecular flexibility index (Phi) is 2.35. The highest BCUT2D eigenvalue weighted by atomic mass is 32.1. The van der Waals surface area contributed by atoms with Gasteiger partial charge in [-0.15, -0.1) is 11.3 Å². The normalized spacial score (nSPS) is 18.0. The highest BCUT2D eigenvalue weighted by Crippen LogP contribution is 2.29. The maximum atomic E-state index is 5.78. The van der Waals surface area contributed by atoms with E-state index in [1.165, 1.54) is 44.1 Å². The Morgan fingerprint density at radius 2 is 1.83 bits per heavy atom. The molecule has 1 nitrogen and oxygen atoms in total. The number of hydrogen-bond donors (Lipinski definition) is 1. The molecule has 0 atom stereocenters. The molecule has 0 saturated heterocycles. The molecule has 12 heavy (non-hydrogen) atoms. The molecule has 1 aromatic rings. The van der Waals surface area contributed by atoms with Crippen LogP contribution in [0.1, 0.15) is 36.1 Å². The first-order valence-corrected chi connectivity index (χ1v) is 5.55. The predicted molar refractivity (Wildman–Crippen MR) is 54.6 cm³/mol. The second-order valence-corrected chi connectivity index (χ2v) is 4.68. The van der Waals surface area contributed by atoms with Crippen molar-refractivity contribution in [3.8, 4) is 0 Å². The van der Waals surface area contributed by atoms with Gasteiger partial charge in [0.1, 0.15) is 0 Å². The van der Waals surface area contributed by atoms with Crippen LogP contribution < -0.4 is 5.73 Å². The van der Waals surface area contributed by atoms with Crippen LogP contribution in [-0.4, -0.2) is 0 Å². The van der Waals surface area contributed by atoms with Crippen LogP contribution in [0.15, 0.2) is 6.07 Å². The molecular weight excluding hydrogens is 166 g/mol. The quantitative estimate of drug-likeness (QED) is 0.654. The predicted octanol–water partition coefficient (Wildman–Crippen LogP) is 2.99. The van der Waals surface area contributed by atoms with E-state index in [0.29, 0.717) is 0 Å². The third-order valence-corrected chi connectivity index (χ3v) is 3.58. The molecule has 0 amide bonds. The molecule has 0 spiro atoms. The summed E-state index contributed by atoms with van der Waals surface area (Å²) >= 11 is 1.79. The van der Waals surface area contributed by atoms with Crippen molar-refractivity contribution in [2.75, 3.05) is 5.73 Å². The second-order valence-electron chi connectivity index (χ2n) is 3.51. The molecule has 0 saturated carbocycles. The molecule has 0 fully saturated rings. The molecule has 66 valence electrons. The molecule has 1 aliphatic carbocycles.